The molecule has 0 amide bonds. The second kappa shape index (κ2) is 4.55. The van der Waals surface area contributed by atoms with Crippen LogP contribution in [0.25, 0.3) is 0 Å². The summed E-state index contributed by atoms with van der Waals surface area (Å²) in [6, 6.07) is 3.89. The van der Waals surface area contributed by atoms with Crippen LogP contribution in [0.2, 0.25) is 0 Å². The minimum absolute atomic E-state index is 0.0352. The van der Waals surface area contributed by atoms with Crippen LogP contribution in [-0.2, 0) is 11.8 Å². The smallest absolute Gasteiger partial charge is 0.165 e. The van der Waals surface area contributed by atoms with Gasteiger partial charge in [0.25, 0.3) is 0 Å². The molecule has 4 heteroatoms. The van der Waals surface area contributed by atoms with E-state index in [9.17, 15) is 10.2 Å². The Kier molecular flexibility index (Phi) is 2.81. The summed E-state index contributed by atoms with van der Waals surface area (Å²) in [6.07, 6.45) is 5.37. The van der Waals surface area contributed by atoms with Crippen molar-refractivity contribution in [3.05, 3.63) is 35.9 Å². The Morgan fingerprint density at radius 3 is 3.04 bits per heavy atom. The average Bonchev–Trinajstić information content (AvgIpc) is 2.91. The Bertz CT molecular complexity index is 732. The molecule has 1 aromatic rings. The quantitative estimate of drug-likeness (QED) is 0.819. The van der Waals surface area contributed by atoms with Gasteiger partial charge in [-0.1, -0.05) is 19.1 Å². The molecule has 0 aromatic heterocycles. The van der Waals surface area contributed by atoms with Gasteiger partial charge in [0.15, 0.2) is 11.5 Å². The van der Waals surface area contributed by atoms with Gasteiger partial charge in [0, 0.05) is 18.2 Å². The maximum Gasteiger partial charge on any atom is 0.165 e. The van der Waals surface area contributed by atoms with Crippen LogP contribution in [0.3, 0.4) is 0 Å². The van der Waals surface area contributed by atoms with Crippen molar-refractivity contribution in [1.29, 1.82) is 0 Å². The summed E-state index contributed by atoms with van der Waals surface area (Å²) < 4.78 is 6.33. The van der Waals surface area contributed by atoms with Crippen molar-refractivity contribution in [2.45, 2.75) is 55.8 Å². The molecule has 0 radical (unpaired) electrons. The second-order valence-electron chi connectivity index (χ2n) is 8.15. The number of benzene rings is 1. The van der Waals surface area contributed by atoms with Gasteiger partial charge < -0.3 is 14.9 Å². The zero-order valence-corrected chi connectivity index (χ0v) is 14.2. The van der Waals surface area contributed by atoms with E-state index >= 15 is 0 Å². The molecule has 0 unspecified atom stereocenters. The van der Waals surface area contributed by atoms with E-state index in [1.807, 2.05) is 12.1 Å². The number of aromatic hydroxyl groups is 1. The van der Waals surface area contributed by atoms with Gasteiger partial charge in [-0.2, -0.15) is 0 Å². The van der Waals surface area contributed by atoms with Gasteiger partial charge in [-0.3, -0.25) is 4.90 Å². The Balaban J connectivity index is 1.78. The maximum absolute atomic E-state index is 12.0. The van der Waals surface area contributed by atoms with Crippen LogP contribution < -0.4 is 4.74 Å². The Morgan fingerprint density at radius 2 is 2.25 bits per heavy atom. The first-order chi connectivity index (χ1) is 11.5. The molecule has 4 nitrogen and oxygen atoms in total. The van der Waals surface area contributed by atoms with E-state index in [1.165, 1.54) is 5.56 Å². The maximum atomic E-state index is 12.0. The van der Waals surface area contributed by atoms with Crippen LogP contribution in [0.4, 0.5) is 0 Å². The summed E-state index contributed by atoms with van der Waals surface area (Å²) in [5, 5.41) is 22.4. The molecule has 128 valence electrons. The zero-order chi connectivity index (χ0) is 16.7. The summed E-state index contributed by atoms with van der Waals surface area (Å²) in [7, 11) is 0. The summed E-state index contributed by atoms with van der Waals surface area (Å²) >= 11 is 0. The molecule has 2 heterocycles. The van der Waals surface area contributed by atoms with E-state index < -0.39 is 5.60 Å². The third kappa shape index (κ3) is 1.44. The zero-order valence-electron chi connectivity index (χ0n) is 14.2. The van der Waals surface area contributed by atoms with E-state index in [1.54, 1.807) is 6.07 Å². The Morgan fingerprint density at radius 1 is 1.42 bits per heavy atom. The van der Waals surface area contributed by atoms with Crippen molar-refractivity contribution in [3.8, 4) is 11.5 Å². The molecular weight excluding hydrogens is 302 g/mol. The topological polar surface area (TPSA) is 52.9 Å². The number of hydrogen-bond acceptors (Lipinski definition) is 4. The molecule has 5 rings (SSSR count). The van der Waals surface area contributed by atoms with Gasteiger partial charge in [-0.15, -0.1) is 6.58 Å². The van der Waals surface area contributed by atoms with Crippen LogP contribution >= 0.6 is 0 Å². The second-order valence-corrected chi connectivity index (χ2v) is 8.15. The number of phenolic OH excluding ortho intramolecular Hbond substituents is 1. The van der Waals surface area contributed by atoms with Gasteiger partial charge in [-0.05, 0) is 49.8 Å². The predicted molar refractivity (Wildman–Crippen MR) is 91.4 cm³/mol. The summed E-state index contributed by atoms with van der Waals surface area (Å²) in [5.74, 6) is 1.24. The minimum Gasteiger partial charge on any atom is -0.504 e. The number of aliphatic hydroxyl groups is 1. The highest BCUT2D eigenvalue weighted by atomic mass is 16.5. The fraction of sp³-hybridized carbons (Fsp3) is 0.600. The standard InChI is InChI=1S/C20H25NO3/c1-3-9-21-10-8-19-16-13-4-5-14(22)17(16)24-18(19)12(2)6-7-20(19,23)15(21)11-13/h3-5,12,15,18,22-23H,1,6-11H2,2H3/t12-,15-,18+,19+,20-/m1/s1. The largest absolute Gasteiger partial charge is 0.504 e. The molecule has 2 N–H and O–H groups in total. The van der Waals surface area contributed by atoms with Gasteiger partial charge in [0.2, 0.25) is 0 Å². The van der Waals surface area contributed by atoms with Crippen LogP contribution in [0.15, 0.2) is 24.8 Å². The number of hydrogen-bond donors (Lipinski definition) is 2. The number of likely N-dealkylation sites (tertiary alicyclic amines) is 1. The van der Waals surface area contributed by atoms with Crippen molar-refractivity contribution < 1.29 is 14.9 Å². The van der Waals surface area contributed by atoms with Crippen LogP contribution in [0.1, 0.15) is 37.3 Å². The van der Waals surface area contributed by atoms with E-state index in [0.29, 0.717) is 11.7 Å². The predicted octanol–water partition coefficient (Wildman–Crippen LogP) is 2.37. The fourth-order valence-electron chi connectivity index (χ4n) is 6.26. The molecular formula is C20H25NO3. The highest BCUT2D eigenvalue weighted by Gasteiger charge is 2.72. The lowest BCUT2D eigenvalue weighted by Gasteiger charge is -2.64. The first-order valence-corrected chi connectivity index (χ1v) is 9.12. The number of piperidine rings is 1. The normalized spacial score (nSPS) is 42.3. The minimum atomic E-state index is -0.780. The number of nitrogens with zero attached hydrogens (tertiary/aromatic N) is 1. The molecule has 1 saturated carbocycles. The molecule has 24 heavy (non-hydrogen) atoms. The molecule has 2 aliphatic carbocycles. The van der Waals surface area contributed by atoms with Gasteiger partial charge in [0.1, 0.15) is 6.10 Å². The molecule has 4 aliphatic rings. The third-order valence-electron chi connectivity index (χ3n) is 7.23. The molecule has 2 bridgehead atoms. The SMILES string of the molecule is C=CCN1CC[C@]23c4c5ccc(O)c4O[C@H]2[C@H](C)CC[C@@]3(O)[C@H]1C5. The lowest BCUT2D eigenvalue weighted by Crippen LogP contribution is -2.76. The number of rotatable bonds is 2. The first kappa shape index (κ1) is 14.8. The Labute approximate surface area is 142 Å². The van der Waals surface area contributed by atoms with Gasteiger partial charge in [-0.25, -0.2) is 0 Å². The first-order valence-electron chi connectivity index (χ1n) is 9.12. The van der Waals surface area contributed by atoms with Crippen molar-refractivity contribution in [1.82, 2.24) is 4.90 Å². The molecule has 5 atom stereocenters. The molecule has 1 spiro atoms. The van der Waals surface area contributed by atoms with E-state index in [2.05, 4.69) is 18.4 Å². The highest BCUT2D eigenvalue weighted by molar-refractivity contribution is 5.62. The number of phenols is 1. The van der Waals surface area contributed by atoms with Crippen molar-refractivity contribution in [2.75, 3.05) is 13.1 Å². The molecule has 1 saturated heterocycles. The van der Waals surface area contributed by atoms with E-state index in [4.69, 9.17) is 4.74 Å². The Hall–Kier alpha value is -1.52. The summed E-state index contributed by atoms with van der Waals surface area (Å²) in [4.78, 5) is 2.39. The highest BCUT2D eigenvalue weighted by Crippen LogP contribution is 2.66. The lowest BCUT2D eigenvalue weighted by molar-refractivity contribution is -0.194. The van der Waals surface area contributed by atoms with Crippen LogP contribution in [-0.4, -0.2) is 45.9 Å². The average molecular weight is 327 g/mol. The third-order valence-corrected chi connectivity index (χ3v) is 7.23. The van der Waals surface area contributed by atoms with Gasteiger partial charge in [0.05, 0.1) is 11.0 Å². The van der Waals surface area contributed by atoms with E-state index in [0.717, 1.165) is 44.3 Å². The van der Waals surface area contributed by atoms with E-state index in [-0.39, 0.29) is 23.3 Å². The van der Waals surface area contributed by atoms with Crippen LogP contribution in [0, 0.1) is 5.92 Å². The van der Waals surface area contributed by atoms with Crippen molar-refractivity contribution in [3.63, 3.8) is 0 Å². The lowest BCUT2D eigenvalue weighted by atomic mass is 9.47. The molecule has 1 aromatic carbocycles. The summed E-state index contributed by atoms with van der Waals surface area (Å²) in [6.45, 7) is 7.88. The van der Waals surface area contributed by atoms with Crippen molar-refractivity contribution >= 4 is 0 Å². The van der Waals surface area contributed by atoms with Crippen LogP contribution in [0.5, 0.6) is 11.5 Å². The molecule has 2 fully saturated rings. The fourth-order valence-corrected chi connectivity index (χ4v) is 6.26. The monoisotopic (exact) mass is 327 g/mol. The number of ether oxygens (including phenoxy) is 1. The van der Waals surface area contributed by atoms with Crippen molar-refractivity contribution in [2.24, 2.45) is 5.92 Å². The van der Waals surface area contributed by atoms with Gasteiger partial charge >= 0.3 is 0 Å². The summed E-state index contributed by atoms with van der Waals surface area (Å²) in [5.41, 5.74) is 1.20. The molecule has 2 aliphatic heterocycles.